The van der Waals surface area contributed by atoms with Gasteiger partial charge in [0, 0.05) is 23.0 Å². The molecule has 1 atom stereocenters. The van der Waals surface area contributed by atoms with Crippen molar-refractivity contribution in [3.63, 3.8) is 0 Å². The van der Waals surface area contributed by atoms with Crippen LogP contribution in [0.1, 0.15) is 28.4 Å². The number of ether oxygens (including phenoxy) is 1. The summed E-state index contributed by atoms with van der Waals surface area (Å²) in [6.07, 6.45) is 3.11. The number of carbonyl (C=O) groups is 2. The molecule has 0 radical (unpaired) electrons. The van der Waals surface area contributed by atoms with Crippen molar-refractivity contribution >= 4 is 23.5 Å². The molecule has 0 aliphatic carbocycles. The number of hydrogen-bond donors (Lipinski definition) is 1. The van der Waals surface area contributed by atoms with Gasteiger partial charge < -0.3 is 10.1 Å². The van der Waals surface area contributed by atoms with Crippen LogP contribution in [-0.2, 0) is 9.53 Å². The number of aromatic nitrogens is 1. The van der Waals surface area contributed by atoms with Crippen molar-refractivity contribution in [3.8, 4) is 0 Å². The number of pyridine rings is 1. The third-order valence-corrected chi connectivity index (χ3v) is 3.37. The first-order valence-electron chi connectivity index (χ1n) is 6.63. The molecule has 1 aromatic heterocycles. The Labute approximate surface area is 133 Å². The van der Waals surface area contributed by atoms with E-state index < -0.39 is 12.0 Å². The zero-order chi connectivity index (χ0) is 15.9. The van der Waals surface area contributed by atoms with Crippen LogP contribution in [0.15, 0.2) is 48.8 Å². The van der Waals surface area contributed by atoms with Crippen LogP contribution >= 0.6 is 11.6 Å². The fraction of sp³-hybridized carbons (Fsp3) is 0.188. The lowest BCUT2D eigenvalue weighted by Gasteiger charge is -2.18. The van der Waals surface area contributed by atoms with E-state index >= 15 is 0 Å². The molecule has 0 aliphatic heterocycles. The van der Waals surface area contributed by atoms with Gasteiger partial charge in [0.25, 0.3) is 5.91 Å². The second kappa shape index (κ2) is 7.56. The molecule has 0 bridgehead atoms. The number of rotatable bonds is 5. The molecule has 0 saturated carbocycles. The number of amides is 1. The summed E-state index contributed by atoms with van der Waals surface area (Å²) in [4.78, 5) is 27.7. The molecule has 2 rings (SSSR count). The van der Waals surface area contributed by atoms with E-state index in [2.05, 4.69) is 15.0 Å². The Morgan fingerprint density at radius 1 is 1.18 bits per heavy atom. The van der Waals surface area contributed by atoms with Gasteiger partial charge in [0.05, 0.1) is 19.6 Å². The van der Waals surface area contributed by atoms with E-state index in [1.165, 1.54) is 19.5 Å². The molecule has 0 aliphatic rings. The van der Waals surface area contributed by atoms with Crippen LogP contribution in [0.25, 0.3) is 0 Å². The van der Waals surface area contributed by atoms with Gasteiger partial charge in [-0.05, 0) is 29.8 Å². The van der Waals surface area contributed by atoms with Crippen molar-refractivity contribution in [2.45, 2.75) is 12.5 Å². The summed E-state index contributed by atoms with van der Waals surface area (Å²) in [5.41, 5.74) is 1.25. The molecule has 114 valence electrons. The normalized spacial score (nSPS) is 11.5. The fourth-order valence-corrected chi connectivity index (χ4v) is 2.07. The molecule has 1 aromatic carbocycles. The number of hydrogen-bond acceptors (Lipinski definition) is 4. The van der Waals surface area contributed by atoms with E-state index in [1.54, 1.807) is 36.4 Å². The van der Waals surface area contributed by atoms with Crippen LogP contribution in [0.2, 0.25) is 5.02 Å². The fourth-order valence-electron chi connectivity index (χ4n) is 1.94. The maximum Gasteiger partial charge on any atom is 0.307 e. The smallest absolute Gasteiger partial charge is 0.307 e. The first kappa shape index (κ1) is 16.0. The average Bonchev–Trinajstić information content (AvgIpc) is 2.55. The summed E-state index contributed by atoms with van der Waals surface area (Å²) >= 11 is 5.87. The van der Waals surface area contributed by atoms with Crippen LogP contribution in [0.3, 0.4) is 0 Å². The SMILES string of the molecule is COC(=O)CC(NC(=O)c1ccncc1)c1ccc(Cl)cc1. The topological polar surface area (TPSA) is 68.3 Å². The predicted octanol–water partition coefficient (Wildman–Crippen LogP) is 2.77. The molecule has 0 fully saturated rings. The first-order valence-corrected chi connectivity index (χ1v) is 7.01. The lowest BCUT2D eigenvalue weighted by atomic mass is 10.0. The van der Waals surface area contributed by atoms with Crippen LogP contribution in [0, 0.1) is 0 Å². The van der Waals surface area contributed by atoms with E-state index in [-0.39, 0.29) is 12.3 Å². The van der Waals surface area contributed by atoms with Crippen molar-refractivity contribution in [2.24, 2.45) is 0 Å². The summed E-state index contributed by atoms with van der Waals surface area (Å²) in [7, 11) is 1.31. The number of esters is 1. The minimum Gasteiger partial charge on any atom is -0.469 e. The zero-order valence-corrected chi connectivity index (χ0v) is 12.7. The minimum atomic E-state index is -0.495. The number of benzene rings is 1. The van der Waals surface area contributed by atoms with Gasteiger partial charge in [0.2, 0.25) is 0 Å². The van der Waals surface area contributed by atoms with Gasteiger partial charge in [-0.15, -0.1) is 0 Å². The summed E-state index contributed by atoms with van der Waals surface area (Å²) < 4.78 is 4.69. The van der Waals surface area contributed by atoms with Gasteiger partial charge in [-0.2, -0.15) is 0 Å². The van der Waals surface area contributed by atoms with Crippen LogP contribution in [0.5, 0.6) is 0 Å². The molecule has 2 aromatic rings. The van der Waals surface area contributed by atoms with Crippen molar-refractivity contribution in [1.82, 2.24) is 10.3 Å². The standard InChI is InChI=1S/C16H15ClN2O3/c1-22-15(20)10-14(11-2-4-13(17)5-3-11)19-16(21)12-6-8-18-9-7-12/h2-9,14H,10H2,1H3,(H,19,21). The minimum absolute atomic E-state index is 0.0367. The third kappa shape index (κ3) is 4.30. The van der Waals surface area contributed by atoms with Gasteiger partial charge in [0.1, 0.15) is 0 Å². The highest BCUT2D eigenvalue weighted by Gasteiger charge is 2.19. The van der Waals surface area contributed by atoms with E-state index in [9.17, 15) is 9.59 Å². The number of methoxy groups -OCH3 is 1. The predicted molar refractivity (Wildman–Crippen MR) is 82.5 cm³/mol. The maximum atomic E-state index is 12.2. The van der Waals surface area contributed by atoms with Crippen molar-refractivity contribution < 1.29 is 14.3 Å². The molecule has 0 spiro atoms. The van der Waals surface area contributed by atoms with Gasteiger partial charge in [-0.3, -0.25) is 14.6 Å². The van der Waals surface area contributed by atoms with Crippen LogP contribution in [0.4, 0.5) is 0 Å². The van der Waals surface area contributed by atoms with E-state index in [0.29, 0.717) is 10.6 Å². The van der Waals surface area contributed by atoms with Gasteiger partial charge in [-0.25, -0.2) is 0 Å². The highest BCUT2D eigenvalue weighted by atomic mass is 35.5. The Balaban J connectivity index is 2.19. The molecule has 1 N–H and O–H groups in total. The highest BCUT2D eigenvalue weighted by Crippen LogP contribution is 2.20. The molecular weight excluding hydrogens is 304 g/mol. The first-order chi connectivity index (χ1) is 10.6. The Morgan fingerprint density at radius 3 is 2.41 bits per heavy atom. The highest BCUT2D eigenvalue weighted by molar-refractivity contribution is 6.30. The van der Waals surface area contributed by atoms with Gasteiger partial charge >= 0.3 is 5.97 Å². The lowest BCUT2D eigenvalue weighted by molar-refractivity contribution is -0.141. The van der Waals surface area contributed by atoms with Gasteiger partial charge in [-0.1, -0.05) is 23.7 Å². The summed E-state index contributed by atoms with van der Waals surface area (Å²) in [6.45, 7) is 0. The average molecular weight is 319 g/mol. The Kier molecular flexibility index (Phi) is 5.49. The molecule has 0 saturated heterocycles. The van der Waals surface area contributed by atoms with Crippen molar-refractivity contribution in [1.29, 1.82) is 0 Å². The number of nitrogens with one attached hydrogen (secondary N) is 1. The monoisotopic (exact) mass is 318 g/mol. The van der Waals surface area contributed by atoms with Crippen LogP contribution in [-0.4, -0.2) is 24.0 Å². The molecule has 1 heterocycles. The molecule has 5 nitrogen and oxygen atoms in total. The number of carbonyl (C=O) groups excluding carboxylic acids is 2. The molecule has 22 heavy (non-hydrogen) atoms. The number of halogens is 1. The van der Waals surface area contributed by atoms with E-state index in [1.807, 2.05) is 0 Å². The Hall–Kier alpha value is -2.40. The quantitative estimate of drug-likeness (QED) is 0.861. The maximum absolute atomic E-state index is 12.2. The Morgan fingerprint density at radius 2 is 1.82 bits per heavy atom. The van der Waals surface area contributed by atoms with Crippen molar-refractivity contribution in [3.05, 3.63) is 64.9 Å². The van der Waals surface area contributed by atoms with Gasteiger partial charge in [0.15, 0.2) is 0 Å². The molecule has 1 unspecified atom stereocenters. The number of nitrogens with zero attached hydrogens (tertiary/aromatic N) is 1. The summed E-state index contributed by atoms with van der Waals surface area (Å²) in [6, 6.07) is 9.66. The van der Waals surface area contributed by atoms with Crippen LogP contribution < -0.4 is 5.32 Å². The molecular formula is C16H15ClN2O3. The summed E-state index contributed by atoms with van der Waals surface area (Å²) in [5.74, 6) is -0.693. The summed E-state index contributed by atoms with van der Waals surface area (Å²) in [5, 5.41) is 3.41. The van der Waals surface area contributed by atoms with E-state index in [4.69, 9.17) is 11.6 Å². The molecule has 1 amide bonds. The van der Waals surface area contributed by atoms with E-state index in [0.717, 1.165) is 5.56 Å². The largest absolute Gasteiger partial charge is 0.469 e. The van der Waals surface area contributed by atoms with Crippen molar-refractivity contribution in [2.75, 3.05) is 7.11 Å². The second-order valence-corrected chi connectivity index (χ2v) is 5.03. The molecule has 6 heteroatoms. The zero-order valence-electron chi connectivity index (χ0n) is 12.0. The Bertz CT molecular complexity index is 644. The lowest BCUT2D eigenvalue weighted by Crippen LogP contribution is -2.30. The second-order valence-electron chi connectivity index (χ2n) is 4.59. The third-order valence-electron chi connectivity index (χ3n) is 3.12.